The Bertz CT molecular complexity index is 259. The fourth-order valence-electron chi connectivity index (χ4n) is 2.91. The summed E-state index contributed by atoms with van der Waals surface area (Å²) < 4.78 is 5.53. The Labute approximate surface area is 110 Å². The molecule has 0 bridgehead atoms. The summed E-state index contributed by atoms with van der Waals surface area (Å²) in [6.07, 6.45) is 5.20. The van der Waals surface area contributed by atoms with Gasteiger partial charge in [-0.05, 0) is 51.1 Å². The van der Waals surface area contributed by atoms with Crippen molar-refractivity contribution in [1.82, 2.24) is 10.2 Å². The van der Waals surface area contributed by atoms with Crippen LogP contribution in [0.15, 0.2) is 0 Å². The summed E-state index contributed by atoms with van der Waals surface area (Å²) in [5.74, 6) is 0.899. The second kappa shape index (κ2) is 7.10. The molecular weight excluding hydrogens is 228 g/mol. The number of piperidine rings is 1. The van der Waals surface area contributed by atoms with E-state index in [4.69, 9.17) is 4.74 Å². The van der Waals surface area contributed by atoms with Gasteiger partial charge in [0.25, 0.3) is 5.91 Å². The number of rotatable bonds is 5. The number of hydrogen-bond donors (Lipinski definition) is 1. The highest BCUT2D eigenvalue weighted by atomic mass is 16.5. The fraction of sp³-hybridized carbons (Fsp3) is 0.929. The molecule has 2 rings (SSSR count). The van der Waals surface area contributed by atoms with E-state index in [9.17, 15) is 4.79 Å². The van der Waals surface area contributed by atoms with E-state index < -0.39 is 0 Å². The van der Waals surface area contributed by atoms with Crippen molar-refractivity contribution >= 4 is 5.91 Å². The smallest absolute Gasteiger partial charge is 0.251 e. The maximum atomic E-state index is 12.4. The first kappa shape index (κ1) is 13.8. The molecule has 0 aromatic rings. The van der Waals surface area contributed by atoms with Gasteiger partial charge in [0, 0.05) is 19.7 Å². The molecule has 1 amide bonds. The van der Waals surface area contributed by atoms with Crippen molar-refractivity contribution in [2.45, 2.75) is 45.1 Å². The third kappa shape index (κ3) is 3.69. The summed E-state index contributed by atoms with van der Waals surface area (Å²) in [7, 11) is 0. The number of nitrogens with one attached hydrogen (secondary N) is 1. The van der Waals surface area contributed by atoms with Gasteiger partial charge in [-0.15, -0.1) is 0 Å². The van der Waals surface area contributed by atoms with Gasteiger partial charge in [-0.2, -0.15) is 0 Å². The van der Waals surface area contributed by atoms with Gasteiger partial charge in [0.1, 0.15) is 6.10 Å². The number of ether oxygens (including phenoxy) is 1. The molecule has 0 aliphatic carbocycles. The first-order valence-corrected chi connectivity index (χ1v) is 7.42. The van der Waals surface area contributed by atoms with Crippen LogP contribution in [0.5, 0.6) is 0 Å². The molecule has 1 unspecified atom stereocenters. The largest absolute Gasteiger partial charge is 0.368 e. The quantitative estimate of drug-likeness (QED) is 0.806. The Balaban J connectivity index is 1.87. The standard InChI is InChI=1S/C14H26N2O2/c1-2-9-16(11-12-5-7-15-8-6-12)14(17)13-4-3-10-18-13/h12-13,15H,2-11H2,1H3. The average molecular weight is 254 g/mol. The Morgan fingerprint density at radius 2 is 2.11 bits per heavy atom. The van der Waals surface area contributed by atoms with Crippen LogP contribution < -0.4 is 5.32 Å². The lowest BCUT2D eigenvalue weighted by Crippen LogP contribution is -2.44. The third-order valence-corrected chi connectivity index (χ3v) is 3.95. The number of nitrogens with zero attached hydrogens (tertiary/aromatic N) is 1. The predicted molar refractivity (Wildman–Crippen MR) is 71.4 cm³/mol. The molecule has 2 aliphatic rings. The molecular formula is C14H26N2O2. The molecule has 18 heavy (non-hydrogen) atoms. The highest BCUT2D eigenvalue weighted by Crippen LogP contribution is 2.18. The molecule has 2 aliphatic heterocycles. The van der Waals surface area contributed by atoms with Crippen LogP contribution >= 0.6 is 0 Å². The van der Waals surface area contributed by atoms with Crippen molar-refractivity contribution in [3.63, 3.8) is 0 Å². The molecule has 0 radical (unpaired) electrons. The molecule has 0 spiro atoms. The highest BCUT2D eigenvalue weighted by molar-refractivity contribution is 5.81. The van der Waals surface area contributed by atoms with Crippen molar-refractivity contribution in [3.8, 4) is 0 Å². The number of carbonyl (C=O) groups excluding carboxylic acids is 1. The van der Waals surface area contributed by atoms with Gasteiger partial charge in [0.2, 0.25) is 0 Å². The molecule has 2 heterocycles. The SMILES string of the molecule is CCCN(CC1CCNCC1)C(=O)C1CCCO1. The molecule has 1 atom stereocenters. The zero-order valence-electron chi connectivity index (χ0n) is 11.5. The lowest BCUT2D eigenvalue weighted by molar-refractivity contribution is -0.141. The van der Waals surface area contributed by atoms with Crippen LogP contribution in [0, 0.1) is 5.92 Å². The van der Waals surface area contributed by atoms with E-state index in [1.54, 1.807) is 0 Å². The average Bonchev–Trinajstić information content (AvgIpc) is 2.92. The molecule has 0 saturated carbocycles. The van der Waals surface area contributed by atoms with Crippen LogP contribution in [0.2, 0.25) is 0 Å². The van der Waals surface area contributed by atoms with Crippen LogP contribution in [-0.2, 0) is 9.53 Å². The van der Waals surface area contributed by atoms with Crippen LogP contribution in [0.3, 0.4) is 0 Å². The van der Waals surface area contributed by atoms with Gasteiger partial charge < -0.3 is 15.0 Å². The second-order valence-corrected chi connectivity index (χ2v) is 5.48. The van der Waals surface area contributed by atoms with E-state index in [1.807, 2.05) is 4.90 Å². The summed E-state index contributed by atoms with van der Waals surface area (Å²) in [5, 5.41) is 3.38. The summed E-state index contributed by atoms with van der Waals surface area (Å²) in [6.45, 7) is 6.89. The van der Waals surface area contributed by atoms with Gasteiger partial charge in [-0.1, -0.05) is 6.92 Å². The van der Waals surface area contributed by atoms with Crippen LogP contribution in [0.4, 0.5) is 0 Å². The van der Waals surface area contributed by atoms with Gasteiger partial charge in [-0.25, -0.2) is 0 Å². The van der Waals surface area contributed by atoms with E-state index in [-0.39, 0.29) is 12.0 Å². The summed E-state index contributed by atoms with van der Waals surface area (Å²) >= 11 is 0. The van der Waals surface area contributed by atoms with Crippen LogP contribution in [0.1, 0.15) is 39.0 Å². The van der Waals surface area contributed by atoms with Gasteiger partial charge in [0.05, 0.1) is 0 Å². The fourth-order valence-corrected chi connectivity index (χ4v) is 2.91. The van der Waals surface area contributed by atoms with Crippen molar-refractivity contribution in [2.75, 3.05) is 32.8 Å². The van der Waals surface area contributed by atoms with Crippen molar-refractivity contribution < 1.29 is 9.53 Å². The topological polar surface area (TPSA) is 41.6 Å². The second-order valence-electron chi connectivity index (χ2n) is 5.48. The first-order valence-electron chi connectivity index (χ1n) is 7.42. The van der Waals surface area contributed by atoms with E-state index in [0.29, 0.717) is 5.92 Å². The van der Waals surface area contributed by atoms with Crippen molar-refractivity contribution in [3.05, 3.63) is 0 Å². The molecule has 2 saturated heterocycles. The Morgan fingerprint density at radius 3 is 2.72 bits per heavy atom. The Hall–Kier alpha value is -0.610. The van der Waals surface area contributed by atoms with E-state index in [2.05, 4.69) is 12.2 Å². The molecule has 1 N–H and O–H groups in total. The Morgan fingerprint density at radius 1 is 1.33 bits per heavy atom. The molecule has 0 aromatic carbocycles. The molecule has 0 aromatic heterocycles. The number of hydrogen-bond acceptors (Lipinski definition) is 3. The minimum absolute atomic E-state index is 0.154. The van der Waals surface area contributed by atoms with Crippen molar-refractivity contribution in [1.29, 1.82) is 0 Å². The number of carbonyl (C=O) groups is 1. The lowest BCUT2D eigenvalue weighted by atomic mass is 9.97. The molecule has 104 valence electrons. The van der Waals surface area contributed by atoms with Crippen LogP contribution in [-0.4, -0.2) is 49.7 Å². The van der Waals surface area contributed by atoms with E-state index >= 15 is 0 Å². The minimum Gasteiger partial charge on any atom is -0.368 e. The third-order valence-electron chi connectivity index (χ3n) is 3.95. The summed E-state index contributed by atoms with van der Waals surface area (Å²) in [5.41, 5.74) is 0. The van der Waals surface area contributed by atoms with Gasteiger partial charge in [-0.3, -0.25) is 4.79 Å². The van der Waals surface area contributed by atoms with E-state index in [1.165, 1.54) is 12.8 Å². The monoisotopic (exact) mass is 254 g/mol. The molecule has 4 heteroatoms. The zero-order chi connectivity index (χ0) is 12.8. The van der Waals surface area contributed by atoms with Crippen molar-refractivity contribution in [2.24, 2.45) is 5.92 Å². The number of amides is 1. The van der Waals surface area contributed by atoms with E-state index in [0.717, 1.165) is 52.0 Å². The molecule has 4 nitrogen and oxygen atoms in total. The minimum atomic E-state index is -0.154. The maximum Gasteiger partial charge on any atom is 0.251 e. The predicted octanol–water partition coefficient (Wildman–Crippen LogP) is 1.40. The maximum absolute atomic E-state index is 12.4. The summed E-state index contributed by atoms with van der Waals surface area (Å²) in [4.78, 5) is 14.4. The normalized spacial score (nSPS) is 25.3. The Kier molecular flexibility index (Phi) is 5.45. The molecule has 2 fully saturated rings. The zero-order valence-corrected chi connectivity index (χ0v) is 11.5. The summed E-state index contributed by atoms with van der Waals surface area (Å²) in [6, 6.07) is 0. The van der Waals surface area contributed by atoms with Gasteiger partial charge in [0.15, 0.2) is 0 Å². The van der Waals surface area contributed by atoms with Gasteiger partial charge >= 0.3 is 0 Å². The highest BCUT2D eigenvalue weighted by Gasteiger charge is 2.29. The lowest BCUT2D eigenvalue weighted by Gasteiger charge is -2.31. The van der Waals surface area contributed by atoms with Crippen LogP contribution in [0.25, 0.3) is 0 Å². The first-order chi connectivity index (χ1) is 8.81.